The highest BCUT2D eigenvalue weighted by Crippen LogP contribution is 2.39. The molecule has 0 N–H and O–H groups in total. The summed E-state index contributed by atoms with van der Waals surface area (Å²) in [6.07, 6.45) is -3.46. The van der Waals surface area contributed by atoms with Gasteiger partial charge in [0, 0.05) is 14.1 Å². The molecule has 0 atom stereocenters. The van der Waals surface area contributed by atoms with E-state index in [1.165, 1.54) is 17.3 Å². The fourth-order valence-corrected chi connectivity index (χ4v) is 3.78. The summed E-state index contributed by atoms with van der Waals surface area (Å²) in [4.78, 5) is 5.45. The summed E-state index contributed by atoms with van der Waals surface area (Å²) in [6.45, 7) is 0.493. The molecule has 1 aromatic rings. The van der Waals surface area contributed by atoms with Crippen LogP contribution in [0.5, 0.6) is 0 Å². The number of hydrogen-bond donors (Lipinski definition) is 0. The molecular weight excluding hydrogens is 357 g/mol. The van der Waals surface area contributed by atoms with E-state index in [1.807, 2.05) is 0 Å². The first-order chi connectivity index (χ1) is 11.6. The zero-order valence-electron chi connectivity index (χ0n) is 13.7. The first-order valence-electron chi connectivity index (χ1n) is 7.31. The standard InChI is InChI=1S/C15H17F3N4O2S/c1-22(2)10-20-14-8-11(21-25(23)5-3-24-4-6-25)7-13(12(14)9-19)15(16,17)18/h7-8,10H,3-6H2,1-2H3/b20-10-. The Morgan fingerprint density at radius 2 is 1.96 bits per heavy atom. The molecule has 25 heavy (non-hydrogen) atoms. The molecule has 1 heterocycles. The molecule has 1 aliphatic heterocycles. The molecule has 0 aliphatic carbocycles. The van der Waals surface area contributed by atoms with E-state index in [4.69, 9.17) is 10.00 Å². The van der Waals surface area contributed by atoms with Crippen LogP contribution in [0, 0.1) is 11.3 Å². The zero-order chi connectivity index (χ0) is 18.7. The maximum Gasteiger partial charge on any atom is 0.417 e. The molecule has 0 saturated carbocycles. The van der Waals surface area contributed by atoms with Gasteiger partial charge >= 0.3 is 6.18 Å². The number of ether oxygens (including phenoxy) is 1. The fraction of sp³-hybridized carbons (Fsp3) is 0.467. The van der Waals surface area contributed by atoms with Gasteiger partial charge in [-0.15, -0.1) is 0 Å². The van der Waals surface area contributed by atoms with Crippen LogP contribution >= 0.6 is 0 Å². The quantitative estimate of drug-likeness (QED) is 0.602. The minimum Gasteiger partial charge on any atom is -0.379 e. The van der Waals surface area contributed by atoms with Crippen LogP contribution in [-0.4, -0.2) is 54.3 Å². The lowest BCUT2D eigenvalue weighted by atomic mass is 10.0. The van der Waals surface area contributed by atoms with Crippen LogP contribution in [-0.2, 0) is 20.6 Å². The molecule has 1 saturated heterocycles. The Kier molecular flexibility index (Phi) is 5.69. The lowest BCUT2D eigenvalue weighted by molar-refractivity contribution is -0.137. The molecule has 1 aromatic carbocycles. The fourth-order valence-electron chi connectivity index (χ4n) is 2.15. The smallest absolute Gasteiger partial charge is 0.379 e. The lowest BCUT2D eigenvalue weighted by Crippen LogP contribution is -2.25. The van der Waals surface area contributed by atoms with Gasteiger partial charge in [-0.1, -0.05) is 0 Å². The first kappa shape index (κ1) is 19.2. The number of nitriles is 1. The number of aliphatic imine (C=N–C) groups is 1. The van der Waals surface area contributed by atoms with E-state index in [0.29, 0.717) is 0 Å². The molecule has 1 fully saturated rings. The number of benzene rings is 1. The number of nitrogens with zero attached hydrogens (tertiary/aromatic N) is 4. The van der Waals surface area contributed by atoms with Gasteiger partial charge in [-0.05, 0) is 12.1 Å². The third kappa shape index (κ3) is 4.93. The van der Waals surface area contributed by atoms with E-state index in [0.717, 1.165) is 6.07 Å². The average Bonchev–Trinajstić information content (AvgIpc) is 2.51. The molecule has 0 bridgehead atoms. The summed E-state index contributed by atoms with van der Waals surface area (Å²) in [5.41, 5.74) is -2.01. The second-order valence-corrected chi connectivity index (χ2v) is 8.13. The summed E-state index contributed by atoms with van der Waals surface area (Å²) < 4.78 is 61.7. The van der Waals surface area contributed by atoms with E-state index in [2.05, 4.69) is 9.36 Å². The van der Waals surface area contributed by atoms with Gasteiger partial charge in [-0.2, -0.15) is 22.8 Å². The topological polar surface area (TPSA) is 78.1 Å². The third-order valence-electron chi connectivity index (χ3n) is 3.31. The first-order valence-corrected chi connectivity index (χ1v) is 9.16. The van der Waals surface area contributed by atoms with Gasteiger partial charge < -0.3 is 9.64 Å². The molecular formula is C15H17F3N4O2S. The van der Waals surface area contributed by atoms with Crippen molar-refractivity contribution in [1.82, 2.24) is 4.90 Å². The maximum absolute atomic E-state index is 13.3. The average molecular weight is 374 g/mol. The number of rotatable bonds is 3. The van der Waals surface area contributed by atoms with Gasteiger partial charge in [0.05, 0.1) is 63.3 Å². The predicted octanol–water partition coefficient (Wildman–Crippen LogP) is 2.93. The second-order valence-electron chi connectivity index (χ2n) is 5.59. The van der Waals surface area contributed by atoms with E-state index in [1.54, 1.807) is 20.2 Å². The highest BCUT2D eigenvalue weighted by molar-refractivity contribution is 7.93. The highest BCUT2D eigenvalue weighted by atomic mass is 32.2. The molecule has 0 unspecified atom stereocenters. The van der Waals surface area contributed by atoms with Crippen LogP contribution in [0.25, 0.3) is 0 Å². The Balaban J connectivity index is 2.66. The van der Waals surface area contributed by atoms with Gasteiger partial charge in [-0.3, -0.25) is 0 Å². The van der Waals surface area contributed by atoms with E-state index in [9.17, 15) is 17.4 Å². The molecule has 0 aromatic heterocycles. The van der Waals surface area contributed by atoms with Crippen LogP contribution in [0.15, 0.2) is 21.5 Å². The summed E-state index contributed by atoms with van der Waals surface area (Å²) in [6, 6.07) is 3.54. The van der Waals surface area contributed by atoms with Crippen molar-refractivity contribution in [2.75, 3.05) is 38.8 Å². The van der Waals surface area contributed by atoms with Crippen LogP contribution in [0.3, 0.4) is 0 Å². The van der Waals surface area contributed by atoms with Crippen molar-refractivity contribution >= 4 is 27.4 Å². The Bertz CT molecular complexity index is 822. The summed E-state index contributed by atoms with van der Waals surface area (Å²) in [5, 5.41) is 9.15. The van der Waals surface area contributed by atoms with Crippen molar-refractivity contribution in [3.63, 3.8) is 0 Å². The Hall–Kier alpha value is -2.12. The van der Waals surface area contributed by atoms with Crippen molar-refractivity contribution in [2.45, 2.75) is 6.18 Å². The molecule has 10 heteroatoms. The number of alkyl halides is 3. The highest BCUT2D eigenvalue weighted by Gasteiger charge is 2.35. The van der Waals surface area contributed by atoms with Gasteiger partial charge in [0.1, 0.15) is 6.07 Å². The summed E-state index contributed by atoms with van der Waals surface area (Å²) >= 11 is 0. The summed E-state index contributed by atoms with van der Waals surface area (Å²) in [5.74, 6) is 0.315. The van der Waals surface area contributed by atoms with Crippen LogP contribution < -0.4 is 0 Å². The van der Waals surface area contributed by atoms with E-state index < -0.39 is 27.0 Å². The Morgan fingerprint density at radius 1 is 1.32 bits per heavy atom. The Morgan fingerprint density at radius 3 is 2.48 bits per heavy atom. The van der Waals surface area contributed by atoms with E-state index in [-0.39, 0.29) is 36.1 Å². The Labute approximate surface area is 144 Å². The van der Waals surface area contributed by atoms with Crippen LogP contribution in [0.1, 0.15) is 11.1 Å². The number of hydrogen-bond acceptors (Lipinski definition) is 5. The van der Waals surface area contributed by atoms with Crippen molar-refractivity contribution in [1.29, 1.82) is 5.26 Å². The molecule has 0 radical (unpaired) electrons. The minimum absolute atomic E-state index is 0.107. The van der Waals surface area contributed by atoms with Crippen LogP contribution in [0.4, 0.5) is 24.5 Å². The second kappa shape index (κ2) is 7.41. The van der Waals surface area contributed by atoms with Gasteiger partial charge in [0.15, 0.2) is 0 Å². The van der Waals surface area contributed by atoms with E-state index >= 15 is 0 Å². The predicted molar refractivity (Wildman–Crippen MR) is 88.8 cm³/mol. The van der Waals surface area contributed by atoms with Crippen molar-refractivity contribution in [3.8, 4) is 6.07 Å². The molecule has 2 rings (SSSR count). The SMILES string of the molecule is CN(C)/C=N\c1cc(N=S2(=O)CCOCC2)cc(C(F)(F)F)c1C#N. The minimum atomic E-state index is -4.75. The van der Waals surface area contributed by atoms with Crippen LogP contribution in [0.2, 0.25) is 0 Å². The van der Waals surface area contributed by atoms with Gasteiger partial charge in [-0.25, -0.2) is 9.20 Å². The maximum atomic E-state index is 13.3. The van der Waals surface area contributed by atoms with Crippen molar-refractivity contribution in [2.24, 2.45) is 9.36 Å². The number of halogens is 3. The molecule has 1 aliphatic rings. The largest absolute Gasteiger partial charge is 0.417 e. The van der Waals surface area contributed by atoms with Crippen molar-refractivity contribution < 1.29 is 22.1 Å². The van der Waals surface area contributed by atoms with Crippen molar-refractivity contribution in [3.05, 3.63) is 23.3 Å². The van der Waals surface area contributed by atoms with Gasteiger partial charge in [0.2, 0.25) is 0 Å². The lowest BCUT2D eigenvalue weighted by Gasteiger charge is -2.17. The summed E-state index contributed by atoms with van der Waals surface area (Å²) in [7, 11) is 0.607. The third-order valence-corrected chi connectivity index (χ3v) is 5.47. The molecule has 6 nitrogen and oxygen atoms in total. The van der Waals surface area contributed by atoms with Gasteiger partial charge in [0.25, 0.3) is 0 Å². The normalized spacial score (nSPS) is 17.3. The molecule has 136 valence electrons. The zero-order valence-corrected chi connectivity index (χ0v) is 14.5. The molecule has 0 spiro atoms. The molecule has 0 amide bonds. The monoisotopic (exact) mass is 374 g/mol.